The molecular formula is C24H24ClN5O4. The van der Waals surface area contributed by atoms with E-state index in [-0.39, 0.29) is 23.1 Å². The Bertz CT molecular complexity index is 1120. The highest BCUT2D eigenvalue weighted by Gasteiger charge is 2.18. The molecule has 0 saturated carbocycles. The molecule has 1 saturated heterocycles. The molecule has 0 spiro atoms. The van der Waals surface area contributed by atoms with Gasteiger partial charge in [-0.15, -0.1) is 0 Å². The summed E-state index contributed by atoms with van der Waals surface area (Å²) >= 11 is 5.84. The van der Waals surface area contributed by atoms with Crippen LogP contribution in [0.2, 0.25) is 5.02 Å². The lowest BCUT2D eigenvalue weighted by Gasteiger charge is -2.35. The van der Waals surface area contributed by atoms with Crippen molar-refractivity contribution in [2.75, 3.05) is 43.0 Å². The van der Waals surface area contributed by atoms with E-state index < -0.39 is 0 Å². The molecule has 1 fully saturated rings. The van der Waals surface area contributed by atoms with Crippen LogP contribution in [0.5, 0.6) is 5.75 Å². The summed E-state index contributed by atoms with van der Waals surface area (Å²) in [6, 6.07) is 17.2. The van der Waals surface area contributed by atoms with E-state index in [1.54, 1.807) is 54.7 Å². The van der Waals surface area contributed by atoms with Gasteiger partial charge in [-0.1, -0.05) is 23.7 Å². The molecule has 1 aliphatic heterocycles. The average Bonchev–Trinajstić information content (AvgIpc) is 2.85. The molecule has 0 unspecified atom stereocenters. The number of non-ortho nitro benzene ring substituents is 1. The monoisotopic (exact) mass is 481 g/mol. The molecule has 9 nitrogen and oxygen atoms in total. The first-order valence-corrected chi connectivity index (χ1v) is 11.2. The third-order valence-electron chi connectivity index (χ3n) is 5.46. The summed E-state index contributed by atoms with van der Waals surface area (Å²) in [7, 11) is 0. The maximum Gasteiger partial charge on any atom is 0.269 e. The Morgan fingerprint density at radius 3 is 2.35 bits per heavy atom. The standard InChI is InChI=1S/C24H24ClN5O4/c25-19-3-8-22(9-4-19)34-17-24(31)27-20-5-10-23(26-15-20)29-13-11-28(12-14-29)16-18-1-6-21(7-2-18)30(32)33/h1-10,15H,11-14,16-17H2,(H,27,31). The zero-order valence-corrected chi connectivity index (χ0v) is 19.1. The summed E-state index contributed by atoms with van der Waals surface area (Å²) in [6.07, 6.45) is 1.64. The van der Waals surface area contributed by atoms with Gasteiger partial charge in [-0.25, -0.2) is 4.98 Å². The van der Waals surface area contributed by atoms with Crippen LogP contribution in [0.3, 0.4) is 0 Å². The predicted octanol–water partition coefficient (Wildman–Crippen LogP) is 3.98. The van der Waals surface area contributed by atoms with Crippen molar-refractivity contribution in [3.63, 3.8) is 0 Å². The minimum Gasteiger partial charge on any atom is -0.484 e. The molecule has 1 aliphatic rings. The molecule has 4 rings (SSSR count). The van der Waals surface area contributed by atoms with Gasteiger partial charge in [0.05, 0.1) is 16.8 Å². The number of nitro groups is 1. The number of ether oxygens (including phenoxy) is 1. The molecule has 2 aromatic carbocycles. The highest BCUT2D eigenvalue weighted by molar-refractivity contribution is 6.30. The molecular weight excluding hydrogens is 458 g/mol. The van der Waals surface area contributed by atoms with Crippen molar-refractivity contribution < 1.29 is 14.5 Å². The summed E-state index contributed by atoms with van der Waals surface area (Å²) in [6.45, 7) is 4.00. The molecule has 0 aliphatic carbocycles. The van der Waals surface area contributed by atoms with Crippen molar-refractivity contribution in [3.8, 4) is 5.75 Å². The zero-order valence-electron chi connectivity index (χ0n) is 18.4. The second-order valence-electron chi connectivity index (χ2n) is 7.88. The van der Waals surface area contributed by atoms with E-state index in [1.807, 2.05) is 12.1 Å². The van der Waals surface area contributed by atoms with Crippen molar-refractivity contribution >= 4 is 34.7 Å². The Hall–Kier alpha value is -3.69. The van der Waals surface area contributed by atoms with Crippen molar-refractivity contribution in [3.05, 3.63) is 87.6 Å². The average molecular weight is 482 g/mol. The fourth-order valence-electron chi connectivity index (χ4n) is 3.64. The molecule has 0 bridgehead atoms. The number of nitro benzene ring substituents is 1. The third-order valence-corrected chi connectivity index (χ3v) is 5.72. The molecule has 3 aromatic rings. The van der Waals surface area contributed by atoms with E-state index in [0.29, 0.717) is 16.5 Å². The lowest BCUT2D eigenvalue weighted by atomic mass is 10.2. The smallest absolute Gasteiger partial charge is 0.269 e. The molecule has 2 heterocycles. The molecule has 1 N–H and O–H groups in total. The van der Waals surface area contributed by atoms with Crippen LogP contribution in [0, 0.1) is 10.1 Å². The van der Waals surface area contributed by atoms with Crippen LogP contribution in [0.4, 0.5) is 17.2 Å². The number of hydrogen-bond donors (Lipinski definition) is 1. The number of halogens is 1. The van der Waals surface area contributed by atoms with Gasteiger partial charge in [0, 0.05) is 49.9 Å². The number of pyridine rings is 1. The van der Waals surface area contributed by atoms with Crippen LogP contribution in [0.15, 0.2) is 66.9 Å². The minimum atomic E-state index is -0.387. The van der Waals surface area contributed by atoms with Gasteiger partial charge in [-0.05, 0) is 42.0 Å². The highest BCUT2D eigenvalue weighted by atomic mass is 35.5. The number of amides is 1. The fraction of sp³-hybridized carbons (Fsp3) is 0.250. The van der Waals surface area contributed by atoms with Gasteiger partial charge in [0.1, 0.15) is 11.6 Å². The Morgan fingerprint density at radius 2 is 1.74 bits per heavy atom. The zero-order chi connectivity index (χ0) is 23.9. The van der Waals surface area contributed by atoms with Gasteiger partial charge in [0.25, 0.3) is 11.6 Å². The molecule has 1 amide bonds. The number of carbonyl (C=O) groups is 1. The third kappa shape index (κ3) is 6.43. The number of nitrogens with one attached hydrogen (secondary N) is 1. The van der Waals surface area contributed by atoms with Gasteiger partial charge in [0.15, 0.2) is 6.61 Å². The summed E-state index contributed by atoms with van der Waals surface area (Å²) < 4.78 is 5.45. The Labute approximate surface area is 202 Å². The summed E-state index contributed by atoms with van der Waals surface area (Å²) in [4.78, 5) is 31.5. The van der Waals surface area contributed by atoms with Crippen molar-refractivity contribution in [2.24, 2.45) is 0 Å². The van der Waals surface area contributed by atoms with Crippen molar-refractivity contribution in [2.45, 2.75) is 6.54 Å². The predicted molar refractivity (Wildman–Crippen MR) is 130 cm³/mol. The van der Waals surface area contributed by atoms with Gasteiger partial charge >= 0.3 is 0 Å². The SMILES string of the molecule is O=C(COc1ccc(Cl)cc1)Nc1ccc(N2CCN(Cc3ccc([N+](=O)[O-])cc3)CC2)nc1. The lowest BCUT2D eigenvalue weighted by Crippen LogP contribution is -2.46. The molecule has 10 heteroatoms. The van der Waals surface area contributed by atoms with E-state index in [2.05, 4.69) is 20.1 Å². The number of carbonyl (C=O) groups excluding carboxylic acids is 1. The Kier molecular flexibility index (Phi) is 7.56. The normalized spacial score (nSPS) is 14.0. The maximum atomic E-state index is 12.1. The number of nitrogens with zero attached hydrogens (tertiary/aromatic N) is 4. The van der Waals surface area contributed by atoms with Crippen LogP contribution in [0.1, 0.15) is 5.56 Å². The maximum absolute atomic E-state index is 12.1. The van der Waals surface area contributed by atoms with Crippen LogP contribution >= 0.6 is 11.6 Å². The van der Waals surface area contributed by atoms with E-state index >= 15 is 0 Å². The molecule has 0 radical (unpaired) electrons. The first-order chi connectivity index (χ1) is 16.5. The fourth-order valence-corrected chi connectivity index (χ4v) is 3.77. The lowest BCUT2D eigenvalue weighted by molar-refractivity contribution is -0.384. The second-order valence-corrected chi connectivity index (χ2v) is 8.32. The molecule has 1 aromatic heterocycles. The van der Waals surface area contributed by atoms with Gasteiger partial charge in [0.2, 0.25) is 0 Å². The van der Waals surface area contributed by atoms with Crippen LogP contribution in [0.25, 0.3) is 0 Å². The van der Waals surface area contributed by atoms with E-state index in [4.69, 9.17) is 16.3 Å². The minimum absolute atomic E-state index is 0.105. The highest BCUT2D eigenvalue weighted by Crippen LogP contribution is 2.19. The number of anilines is 2. The number of rotatable bonds is 8. The topological polar surface area (TPSA) is 101 Å². The first kappa shape index (κ1) is 23.5. The Balaban J connectivity index is 1.22. The van der Waals surface area contributed by atoms with Gasteiger partial charge in [-0.3, -0.25) is 19.8 Å². The summed E-state index contributed by atoms with van der Waals surface area (Å²) in [5.41, 5.74) is 1.76. The van der Waals surface area contributed by atoms with Crippen LogP contribution in [-0.4, -0.2) is 53.5 Å². The second kappa shape index (κ2) is 11.0. The number of hydrogen-bond acceptors (Lipinski definition) is 7. The van der Waals surface area contributed by atoms with Crippen molar-refractivity contribution in [1.29, 1.82) is 0 Å². The van der Waals surface area contributed by atoms with E-state index in [9.17, 15) is 14.9 Å². The first-order valence-electron chi connectivity index (χ1n) is 10.8. The molecule has 0 atom stereocenters. The van der Waals surface area contributed by atoms with Crippen molar-refractivity contribution in [1.82, 2.24) is 9.88 Å². The van der Waals surface area contributed by atoms with E-state index in [1.165, 1.54) is 0 Å². The quantitative estimate of drug-likeness (QED) is 0.383. The number of aromatic nitrogens is 1. The summed E-state index contributed by atoms with van der Waals surface area (Å²) in [5.74, 6) is 1.15. The van der Waals surface area contributed by atoms with Crippen LogP contribution in [-0.2, 0) is 11.3 Å². The molecule has 34 heavy (non-hydrogen) atoms. The van der Waals surface area contributed by atoms with Gasteiger partial charge < -0.3 is 15.0 Å². The number of benzene rings is 2. The van der Waals surface area contributed by atoms with E-state index in [0.717, 1.165) is 44.1 Å². The number of piperazine rings is 1. The van der Waals surface area contributed by atoms with Crippen LogP contribution < -0.4 is 15.0 Å². The largest absolute Gasteiger partial charge is 0.484 e. The molecule has 176 valence electrons. The van der Waals surface area contributed by atoms with Gasteiger partial charge in [-0.2, -0.15) is 0 Å². The Morgan fingerprint density at radius 1 is 1.03 bits per heavy atom. The summed E-state index contributed by atoms with van der Waals surface area (Å²) in [5, 5.41) is 14.2.